The Morgan fingerprint density at radius 2 is 1.73 bits per heavy atom. The molecule has 4 rings (SSSR count). The largest absolute Gasteiger partial charge is 0.497 e. The van der Waals surface area contributed by atoms with Crippen molar-refractivity contribution in [2.24, 2.45) is 0 Å². The molecule has 0 atom stereocenters. The maximum absolute atomic E-state index is 13.4. The van der Waals surface area contributed by atoms with Gasteiger partial charge in [0.25, 0.3) is 0 Å². The van der Waals surface area contributed by atoms with Crippen molar-refractivity contribution in [2.45, 2.75) is 12.1 Å². The number of amides is 1. The van der Waals surface area contributed by atoms with Crippen molar-refractivity contribution in [3.8, 4) is 22.8 Å². The highest BCUT2D eigenvalue weighted by atomic mass is 32.2. The third kappa shape index (κ3) is 5.20. The summed E-state index contributed by atoms with van der Waals surface area (Å²) >= 11 is 1.19. The fourth-order valence-corrected chi connectivity index (χ4v) is 3.87. The van der Waals surface area contributed by atoms with Gasteiger partial charge in [-0.3, -0.25) is 9.36 Å². The van der Waals surface area contributed by atoms with Gasteiger partial charge in [0, 0.05) is 23.0 Å². The van der Waals surface area contributed by atoms with Gasteiger partial charge in [0.05, 0.1) is 12.9 Å². The second-order valence-corrected chi connectivity index (χ2v) is 8.11. The molecule has 1 amide bonds. The van der Waals surface area contributed by atoms with Gasteiger partial charge in [-0.15, -0.1) is 10.2 Å². The van der Waals surface area contributed by atoms with Crippen LogP contribution in [0.4, 0.5) is 14.5 Å². The normalized spacial score (nSPS) is 10.8. The first-order valence-electron chi connectivity index (χ1n) is 9.99. The summed E-state index contributed by atoms with van der Waals surface area (Å²) in [6, 6.07) is 18.5. The quantitative estimate of drug-likeness (QED) is 0.376. The summed E-state index contributed by atoms with van der Waals surface area (Å²) in [7, 11) is 1.60. The first kappa shape index (κ1) is 22.5. The number of rotatable bonds is 7. The summed E-state index contributed by atoms with van der Waals surface area (Å²) in [5.41, 5.74) is 2.97. The van der Waals surface area contributed by atoms with Crippen LogP contribution in [0, 0.1) is 18.6 Å². The summed E-state index contributed by atoms with van der Waals surface area (Å²) in [6.45, 7) is 2.00. The Morgan fingerprint density at radius 3 is 2.39 bits per heavy atom. The molecule has 0 spiro atoms. The van der Waals surface area contributed by atoms with Crippen molar-refractivity contribution < 1.29 is 18.3 Å². The molecule has 0 fully saturated rings. The van der Waals surface area contributed by atoms with E-state index in [-0.39, 0.29) is 17.3 Å². The van der Waals surface area contributed by atoms with E-state index in [1.165, 1.54) is 17.8 Å². The van der Waals surface area contributed by atoms with Gasteiger partial charge >= 0.3 is 0 Å². The van der Waals surface area contributed by atoms with E-state index in [1.54, 1.807) is 7.11 Å². The number of halogens is 2. The number of carbonyl (C=O) groups excluding carboxylic acids is 1. The van der Waals surface area contributed by atoms with Crippen LogP contribution in [0.25, 0.3) is 17.1 Å². The molecular weight excluding hydrogens is 446 g/mol. The minimum absolute atomic E-state index is 0.00556. The van der Waals surface area contributed by atoms with Crippen LogP contribution >= 0.6 is 11.8 Å². The Labute approximate surface area is 193 Å². The Morgan fingerprint density at radius 1 is 1.00 bits per heavy atom. The molecular formula is C24H20F2N4O2S. The zero-order chi connectivity index (χ0) is 23.4. The summed E-state index contributed by atoms with van der Waals surface area (Å²) in [6.07, 6.45) is 0. The topological polar surface area (TPSA) is 69.0 Å². The number of carbonyl (C=O) groups is 1. The number of aromatic nitrogens is 3. The predicted molar refractivity (Wildman–Crippen MR) is 124 cm³/mol. The van der Waals surface area contributed by atoms with E-state index >= 15 is 0 Å². The number of methoxy groups -OCH3 is 1. The molecule has 0 aliphatic heterocycles. The van der Waals surface area contributed by atoms with Crippen LogP contribution in [0.15, 0.2) is 71.9 Å². The van der Waals surface area contributed by atoms with Crippen LogP contribution in [0.5, 0.6) is 5.75 Å². The number of nitrogens with one attached hydrogen (secondary N) is 1. The first-order valence-corrected chi connectivity index (χ1v) is 11.0. The van der Waals surface area contributed by atoms with Gasteiger partial charge < -0.3 is 10.1 Å². The summed E-state index contributed by atoms with van der Waals surface area (Å²) < 4.78 is 33.6. The van der Waals surface area contributed by atoms with Gasteiger partial charge in [-0.25, -0.2) is 8.78 Å². The van der Waals surface area contributed by atoms with Crippen LogP contribution in [-0.4, -0.2) is 33.5 Å². The summed E-state index contributed by atoms with van der Waals surface area (Å²) in [5, 5.41) is 11.7. The molecule has 3 aromatic carbocycles. The lowest BCUT2D eigenvalue weighted by molar-refractivity contribution is -0.113. The monoisotopic (exact) mass is 466 g/mol. The van der Waals surface area contributed by atoms with Crippen molar-refractivity contribution in [2.75, 3.05) is 18.2 Å². The molecule has 0 radical (unpaired) electrons. The molecule has 1 N–H and O–H groups in total. The lowest BCUT2D eigenvalue weighted by atomic mass is 10.2. The number of aryl methyl sites for hydroxylation is 1. The number of hydrogen-bond acceptors (Lipinski definition) is 5. The highest BCUT2D eigenvalue weighted by molar-refractivity contribution is 7.99. The number of nitrogens with zero attached hydrogens (tertiary/aromatic N) is 3. The summed E-state index contributed by atoms with van der Waals surface area (Å²) in [4.78, 5) is 12.4. The molecule has 1 heterocycles. The van der Waals surface area contributed by atoms with Gasteiger partial charge in [0.1, 0.15) is 5.75 Å². The van der Waals surface area contributed by atoms with E-state index in [0.29, 0.717) is 11.0 Å². The Balaban J connectivity index is 1.59. The minimum Gasteiger partial charge on any atom is -0.497 e. The third-order valence-corrected chi connectivity index (χ3v) is 5.74. The van der Waals surface area contributed by atoms with Gasteiger partial charge in [-0.05, 0) is 55.5 Å². The summed E-state index contributed by atoms with van der Waals surface area (Å²) in [5.74, 6) is -1.03. The van der Waals surface area contributed by atoms with Gasteiger partial charge in [0.15, 0.2) is 22.6 Å². The molecule has 1 aromatic heterocycles. The highest BCUT2D eigenvalue weighted by Crippen LogP contribution is 2.29. The van der Waals surface area contributed by atoms with Crippen molar-refractivity contribution in [1.29, 1.82) is 0 Å². The van der Waals surface area contributed by atoms with Crippen molar-refractivity contribution in [3.05, 3.63) is 83.9 Å². The molecule has 33 heavy (non-hydrogen) atoms. The number of anilines is 1. The molecule has 6 nitrogen and oxygen atoms in total. The zero-order valence-electron chi connectivity index (χ0n) is 17.9. The fourth-order valence-electron chi connectivity index (χ4n) is 3.12. The van der Waals surface area contributed by atoms with E-state index in [2.05, 4.69) is 15.5 Å². The maximum Gasteiger partial charge on any atom is 0.234 e. The Bertz CT molecular complexity index is 1270. The Kier molecular flexibility index (Phi) is 6.69. The van der Waals surface area contributed by atoms with Crippen molar-refractivity contribution >= 4 is 23.4 Å². The average molecular weight is 467 g/mol. The molecule has 0 aliphatic carbocycles. The number of thioether (sulfide) groups is 1. The molecule has 0 saturated carbocycles. The first-order chi connectivity index (χ1) is 15.9. The standard InChI is InChI=1S/C24H20F2N4O2S/c1-15-3-8-18(9-4-15)30-23(16-5-10-19(32-2)11-6-16)28-29-24(30)33-14-22(31)27-17-7-12-20(25)21(26)13-17/h3-13H,14H2,1-2H3,(H,27,31). The van der Waals surface area contributed by atoms with Crippen molar-refractivity contribution in [1.82, 2.24) is 14.8 Å². The molecule has 168 valence electrons. The van der Waals surface area contributed by atoms with Gasteiger partial charge in [-0.1, -0.05) is 29.5 Å². The van der Waals surface area contributed by atoms with Crippen LogP contribution in [0.1, 0.15) is 5.56 Å². The SMILES string of the molecule is COc1ccc(-c2nnc(SCC(=O)Nc3ccc(F)c(F)c3)n2-c2ccc(C)cc2)cc1. The lowest BCUT2D eigenvalue weighted by Crippen LogP contribution is -2.15. The van der Waals surface area contributed by atoms with Crippen LogP contribution in [0.2, 0.25) is 0 Å². The van der Waals surface area contributed by atoms with Gasteiger partial charge in [0.2, 0.25) is 5.91 Å². The second kappa shape index (κ2) is 9.83. The third-order valence-electron chi connectivity index (χ3n) is 4.81. The van der Waals surface area contributed by atoms with Crippen LogP contribution in [-0.2, 0) is 4.79 Å². The number of benzene rings is 3. The second-order valence-electron chi connectivity index (χ2n) is 7.17. The molecule has 4 aromatic rings. The average Bonchev–Trinajstić information content (AvgIpc) is 3.24. The van der Waals surface area contributed by atoms with Crippen LogP contribution in [0.3, 0.4) is 0 Å². The zero-order valence-corrected chi connectivity index (χ0v) is 18.7. The fraction of sp³-hybridized carbons (Fsp3) is 0.125. The molecule has 0 saturated heterocycles. The van der Waals surface area contributed by atoms with Gasteiger partial charge in [-0.2, -0.15) is 0 Å². The van der Waals surface area contributed by atoms with E-state index in [0.717, 1.165) is 34.7 Å². The van der Waals surface area contributed by atoms with E-state index < -0.39 is 11.6 Å². The molecule has 0 unspecified atom stereocenters. The van der Waals surface area contributed by atoms with E-state index in [1.807, 2.05) is 60.0 Å². The lowest BCUT2D eigenvalue weighted by Gasteiger charge is -2.11. The molecule has 9 heteroatoms. The molecule has 0 bridgehead atoms. The van der Waals surface area contributed by atoms with E-state index in [4.69, 9.17) is 4.74 Å². The molecule has 0 aliphatic rings. The number of hydrogen-bond donors (Lipinski definition) is 1. The van der Waals surface area contributed by atoms with E-state index in [9.17, 15) is 13.6 Å². The highest BCUT2D eigenvalue weighted by Gasteiger charge is 2.18. The predicted octanol–water partition coefficient (Wildman–Crippen LogP) is 5.26. The number of ether oxygens (including phenoxy) is 1. The smallest absolute Gasteiger partial charge is 0.234 e. The Hall–Kier alpha value is -3.72. The van der Waals surface area contributed by atoms with Crippen molar-refractivity contribution in [3.63, 3.8) is 0 Å². The van der Waals surface area contributed by atoms with Crippen LogP contribution < -0.4 is 10.1 Å². The maximum atomic E-state index is 13.4. The minimum atomic E-state index is -1.02.